The molecule has 0 spiro atoms. The second kappa shape index (κ2) is 8.16. The first-order valence-electron chi connectivity index (χ1n) is 6.97. The van der Waals surface area contributed by atoms with Crippen molar-refractivity contribution in [2.75, 3.05) is 20.1 Å². The Kier molecular flexibility index (Phi) is 6.52. The molecule has 5 heteroatoms. The lowest BCUT2D eigenvalue weighted by Gasteiger charge is -2.25. The highest BCUT2D eigenvalue weighted by Crippen LogP contribution is 2.22. The molecule has 0 aliphatic heterocycles. The molecule has 21 heavy (non-hydrogen) atoms. The van der Waals surface area contributed by atoms with Crippen molar-refractivity contribution >= 4 is 34.5 Å². The number of rotatable bonds is 7. The molecular formula is C16H20Cl2N2S. The molecule has 0 radical (unpaired) electrons. The van der Waals surface area contributed by atoms with Crippen molar-refractivity contribution in [2.45, 2.75) is 19.5 Å². The van der Waals surface area contributed by atoms with Gasteiger partial charge in [0.05, 0.1) is 4.34 Å². The maximum Gasteiger partial charge on any atom is 0.0931 e. The number of hydrogen-bond acceptors (Lipinski definition) is 3. The predicted molar refractivity (Wildman–Crippen MR) is 93.5 cm³/mol. The topological polar surface area (TPSA) is 15.3 Å². The van der Waals surface area contributed by atoms with Gasteiger partial charge in [0.1, 0.15) is 0 Å². The summed E-state index contributed by atoms with van der Waals surface area (Å²) in [7, 11) is 2.13. The molecule has 2 aromatic rings. The lowest BCUT2D eigenvalue weighted by molar-refractivity contribution is 0.261. The van der Waals surface area contributed by atoms with Gasteiger partial charge in [0, 0.05) is 35.6 Å². The van der Waals surface area contributed by atoms with E-state index >= 15 is 0 Å². The van der Waals surface area contributed by atoms with E-state index in [2.05, 4.69) is 36.3 Å². The summed E-state index contributed by atoms with van der Waals surface area (Å²) in [6.45, 7) is 4.99. The SMILES string of the molecule is CC(c1cccc(Cl)c1)N(C)CCNCc1ccc(Cl)s1. The third-order valence-corrected chi connectivity index (χ3v) is 5.03. The van der Waals surface area contributed by atoms with E-state index in [4.69, 9.17) is 23.2 Å². The molecule has 114 valence electrons. The van der Waals surface area contributed by atoms with E-state index in [0.29, 0.717) is 6.04 Å². The molecule has 1 aromatic carbocycles. The summed E-state index contributed by atoms with van der Waals surface area (Å²) >= 11 is 13.6. The highest BCUT2D eigenvalue weighted by molar-refractivity contribution is 7.16. The number of likely N-dealkylation sites (N-methyl/N-ethyl adjacent to an activating group) is 1. The van der Waals surface area contributed by atoms with Crippen LogP contribution in [0.4, 0.5) is 0 Å². The quantitative estimate of drug-likeness (QED) is 0.724. The number of nitrogens with zero attached hydrogens (tertiary/aromatic N) is 1. The largest absolute Gasteiger partial charge is 0.311 e. The third kappa shape index (κ3) is 5.28. The van der Waals surface area contributed by atoms with Crippen molar-refractivity contribution in [1.82, 2.24) is 10.2 Å². The number of benzene rings is 1. The molecule has 2 rings (SSSR count). The first kappa shape index (κ1) is 16.8. The summed E-state index contributed by atoms with van der Waals surface area (Å²) in [5, 5.41) is 4.24. The van der Waals surface area contributed by atoms with Gasteiger partial charge in [-0.3, -0.25) is 4.90 Å². The fourth-order valence-corrected chi connectivity index (χ4v) is 3.38. The lowest BCUT2D eigenvalue weighted by Crippen LogP contribution is -2.30. The average Bonchev–Trinajstić information content (AvgIpc) is 2.88. The monoisotopic (exact) mass is 342 g/mol. The van der Waals surface area contributed by atoms with Crippen molar-refractivity contribution in [3.8, 4) is 0 Å². The van der Waals surface area contributed by atoms with E-state index in [1.807, 2.05) is 24.3 Å². The molecule has 0 fully saturated rings. The van der Waals surface area contributed by atoms with Gasteiger partial charge in [-0.2, -0.15) is 0 Å². The van der Waals surface area contributed by atoms with Gasteiger partial charge in [-0.05, 0) is 43.8 Å². The molecule has 1 N–H and O–H groups in total. The van der Waals surface area contributed by atoms with Crippen LogP contribution in [0.15, 0.2) is 36.4 Å². The van der Waals surface area contributed by atoms with Crippen LogP contribution in [0.2, 0.25) is 9.36 Å². The van der Waals surface area contributed by atoms with Crippen molar-refractivity contribution in [3.63, 3.8) is 0 Å². The van der Waals surface area contributed by atoms with E-state index < -0.39 is 0 Å². The van der Waals surface area contributed by atoms with Gasteiger partial charge in [0.25, 0.3) is 0 Å². The Labute approximate surface area is 140 Å². The molecular weight excluding hydrogens is 323 g/mol. The molecule has 1 heterocycles. The summed E-state index contributed by atoms with van der Waals surface area (Å²) in [6.07, 6.45) is 0. The molecule has 1 unspecified atom stereocenters. The molecule has 2 nitrogen and oxygen atoms in total. The average molecular weight is 343 g/mol. The summed E-state index contributed by atoms with van der Waals surface area (Å²) in [5.41, 5.74) is 1.25. The maximum absolute atomic E-state index is 6.05. The summed E-state index contributed by atoms with van der Waals surface area (Å²) in [6, 6.07) is 12.4. The van der Waals surface area contributed by atoms with Gasteiger partial charge in [-0.1, -0.05) is 35.3 Å². The minimum absolute atomic E-state index is 0.349. The van der Waals surface area contributed by atoms with E-state index in [1.54, 1.807) is 11.3 Å². The number of hydrogen-bond donors (Lipinski definition) is 1. The Morgan fingerprint density at radius 2 is 2.05 bits per heavy atom. The Morgan fingerprint density at radius 1 is 1.24 bits per heavy atom. The van der Waals surface area contributed by atoms with E-state index in [0.717, 1.165) is 29.0 Å². The maximum atomic E-state index is 6.05. The van der Waals surface area contributed by atoms with Crippen LogP contribution < -0.4 is 5.32 Å². The minimum atomic E-state index is 0.349. The second-order valence-electron chi connectivity index (χ2n) is 5.09. The first-order valence-corrected chi connectivity index (χ1v) is 8.54. The molecule has 1 atom stereocenters. The van der Waals surface area contributed by atoms with Crippen LogP contribution >= 0.6 is 34.5 Å². The van der Waals surface area contributed by atoms with Gasteiger partial charge in [0.2, 0.25) is 0 Å². The van der Waals surface area contributed by atoms with E-state index in [1.165, 1.54) is 10.4 Å². The van der Waals surface area contributed by atoms with Crippen molar-refractivity contribution < 1.29 is 0 Å². The van der Waals surface area contributed by atoms with Crippen LogP contribution in [0, 0.1) is 0 Å². The molecule has 0 amide bonds. The molecule has 1 aromatic heterocycles. The lowest BCUT2D eigenvalue weighted by atomic mass is 10.1. The van der Waals surface area contributed by atoms with E-state index in [-0.39, 0.29) is 0 Å². The van der Waals surface area contributed by atoms with Gasteiger partial charge < -0.3 is 5.32 Å². The zero-order chi connectivity index (χ0) is 15.2. The zero-order valence-corrected chi connectivity index (χ0v) is 14.6. The summed E-state index contributed by atoms with van der Waals surface area (Å²) in [4.78, 5) is 3.59. The Balaban J connectivity index is 1.75. The van der Waals surface area contributed by atoms with Crippen LogP contribution in [0.3, 0.4) is 0 Å². The van der Waals surface area contributed by atoms with Crippen LogP contribution in [0.25, 0.3) is 0 Å². The van der Waals surface area contributed by atoms with Gasteiger partial charge in [-0.25, -0.2) is 0 Å². The van der Waals surface area contributed by atoms with Crippen molar-refractivity contribution in [1.29, 1.82) is 0 Å². The minimum Gasteiger partial charge on any atom is -0.311 e. The van der Waals surface area contributed by atoms with Crippen LogP contribution in [0.1, 0.15) is 23.4 Å². The van der Waals surface area contributed by atoms with Crippen molar-refractivity contribution in [2.24, 2.45) is 0 Å². The summed E-state index contributed by atoms with van der Waals surface area (Å²) in [5.74, 6) is 0. The first-order chi connectivity index (χ1) is 10.1. The fraction of sp³-hybridized carbons (Fsp3) is 0.375. The summed E-state index contributed by atoms with van der Waals surface area (Å²) < 4.78 is 0.846. The third-order valence-electron chi connectivity index (χ3n) is 3.56. The number of nitrogens with one attached hydrogen (secondary N) is 1. The highest BCUT2D eigenvalue weighted by atomic mass is 35.5. The second-order valence-corrected chi connectivity index (χ2v) is 7.33. The Morgan fingerprint density at radius 3 is 2.71 bits per heavy atom. The Hall–Kier alpha value is -0.580. The molecule has 0 aliphatic rings. The molecule has 0 aliphatic carbocycles. The molecule has 0 saturated carbocycles. The predicted octanol–water partition coefficient (Wildman–Crippen LogP) is 4.84. The fourth-order valence-electron chi connectivity index (χ4n) is 2.13. The van der Waals surface area contributed by atoms with Crippen LogP contribution in [-0.4, -0.2) is 25.0 Å². The Bertz CT molecular complexity index is 571. The number of halogens is 2. The van der Waals surface area contributed by atoms with E-state index in [9.17, 15) is 0 Å². The smallest absolute Gasteiger partial charge is 0.0931 e. The van der Waals surface area contributed by atoms with Gasteiger partial charge in [0.15, 0.2) is 0 Å². The van der Waals surface area contributed by atoms with Gasteiger partial charge in [-0.15, -0.1) is 11.3 Å². The zero-order valence-electron chi connectivity index (χ0n) is 12.3. The van der Waals surface area contributed by atoms with Crippen LogP contribution in [0.5, 0.6) is 0 Å². The van der Waals surface area contributed by atoms with Crippen molar-refractivity contribution in [3.05, 3.63) is 56.2 Å². The highest BCUT2D eigenvalue weighted by Gasteiger charge is 2.11. The standard InChI is InChI=1S/C16H20Cl2N2S/c1-12(13-4-3-5-14(17)10-13)20(2)9-8-19-11-15-6-7-16(18)21-15/h3-7,10,12,19H,8-9,11H2,1-2H3. The molecule has 0 bridgehead atoms. The van der Waals surface area contributed by atoms with Gasteiger partial charge >= 0.3 is 0 Å². The number of thiophene rings is 1. The molecule has 0 saturated heterocycles. The normalized spacial score (nSPS) is 12.8. The van der Waals surface area contributed by atoms with Crippen LogP contribution in [-0.2, 0) is 6.54 Å².